The number of nitrogens with two attached hydrogens (primary N) is 1. The van der Waals surface area contributed by atoms with Crippen LogP contribution in [0.3, 0.4) is 0 Å². The van der Waals surface area contributed by atoms with Gasteiger partial charge in [0.15, 0.2) is 0 Å². The standard InChI is InChI=1S/C11H14N4O/c1-8-3-2-4-9(7-8)13-11-15-14-10(16-11)5-6-12/h2-4,7H,5-6,12H2,1H3,(H,13,15). The smallest absolute Gasteiger partial charge is 0.320 e. The average Bonchev–Trinajstić information content (AvgIpc) is 2.66. The molecule has 0 bridgehead atoms. The molecular weight excluding hydrogens is 204 g/mol. The molecule has 1 aromatic heterocycles. The Balaban J connectivity index is 2.08. The Bertz CT molecular complexity index is 467. The van der Waals surface area contributed by atoms with Gasteiger partial charge < -0.3 is 15.5 Å². The van der Waals surface area contributed by atoms with E-state index in [1.807, 2.05) is 31.2 Å². The predicted molar refractivity (Wildman–Crippen MR) is 61.5 cm³/mol. The molecule has 0 atom stereocenters. The summed E-state index contributed by atoms with van der Waals surface area (Å²) in [6, 6.07) is 8.34. The van der Waals surface area contributed by atoms with E-state index >= 15 is 0 Å². The first-order valence-corrected chi connectivity index (χ1v) is 5.14. The minimum Gasteiger partial charge on any atom is -0.408 e. The molecule has 0 saturated carbocycles. The Hall–Kier alpha value is -1.88. The summed E-state index contributed by atoms with van der Waals surface area (Å²) in [5, 5.41) is 10.8. The van der Waals surface area contributed by atoms with Crippen LogP contribution in [0.1, 0.15) is 11.5 Å². The molecule has 1 aromatic carbocycles. The normalized spacial score (nSPS) is 10.4. The van der Waals surface area contributed by atoms with Gasteiger partial charge in [0.05, 0.1) is 0 Å². The number of hydrogen-bond acceptors (Lipinski definition) is 5. The van der Waals surface area contributed by atoms with Crippen molar-refractivity contribution in [3.8, 4) is 0 Å². The maximum absolute atomic E-state index is 5.39. The molecule has 0 amide bonds. The summed E-state index contributed by atoms with van der Waals surface area (Å²) in [5.74, 6) is 0.553. The van der Waals surface area contributed by atoms with Crippen molar-refractivity contribution in [2.45, 2.75) is 13.3 Å². The Morgan fingerprint density at radius 2 is 2.25 bits per heavy atom. The maximum Gasteiger partial charge on any atom is 0.320 e. The van der Waals surface area contributed by atoms with Gasteiger partial charge >= 0.3 is 6.01 Å². The topological polar surface area (TPSA) is 77.0 Å². The number of nitrogens with one attached hydrogen (secondary N) is 1. The number of rotatable bonds is 4. The molecule has 3 N–H and O–H groups in total. The van der Waals surface area contributed by atoms with Crippen LogP contribution in [0.25, 0.3) is 0 Å². The molecule has 0 fully saturated rings. The van der Waals surface area contributed by atoms with E-state index in [0.717, 1.165) is 5.69 Å². The molecule has 1 heterocycles. The first kappa shape index (κ1) is 10.6. The molecule has 0 aliphatic carbocycles. The summed E-state index contributed by atoms with van der Waals surface area (Å²) in [4.78, 5) is 0. The lowest BCUT2D eigenvalue weighted by Crippen LogP contribution is -2.02. The van der Waals surface area contributed by atoms with Gasteiger partial charge in [-0.1, -0.05) is 17.2 Å². The van der Waals surface area contributed by atoms with Gasteiger partial charge in [-0.2, -0.15) is 0 Å². The lowest BCUT2D eigenvalue weighted by atomic mass is 10.2. The summed E-state index contributed by atoms with van der Waals surface area (Å²) in [7, 11) is 0. The van der Waals surface area contributed by atoms with Gasteiger partial charge in [0.2, 0.25) is 5.89 Å². The van der Waals surface area contributed by atoms with Gasteiger partial charge in [0.25, 0.3) is 0 Å². The zero-order valence-electron chi connectivity index (χ0n) is 9.10. The molecule has 0 saturated heterocycles. The average molecular weight is 218 g/mol. The highest BCUT2D eigenvalue weighted by atomic mass is 16.4. The van der Waals surface area contributed by atoms with Gasteiger partial charge in [-0.3, -0.25) is 0 Å². The van der Waals surface area contributed by atoms with E-state index < -0.39 is 0 Å². The number of aromatic nitrogens is 2. The molecule has 5 heteroatoms. The molecule has 84 valence electrons. The van der Waals surface area contributed by atoms with Gasteiger partial charge in [-0.25, -0.2) is 0 Å². The SMILES string of the molecule is Cc1cccc(Nc2nnc(CCN)o2)c1. The van der Waals surface area contributed by atoms with Crippen LogP contribution in [0.5, 0.6) is 0 Å². The molecule has 0 radical (unpaired) electrons. The van der Waals surface area contributed by atoms with Crippen molar-refractivity contribution in [1.82, 2.24) is 10.2 Å². The highest BCUT2D eigenvalue weighted by Crippen LogP contribution is 2.16. The van der Waals surface area contributed by atoms with Crippen LogP contribution in [0, 0.1) is 6.92 Å². The Kier molecular flexibility index (Phi) is 3.16. The van der Waals surface area contributed by atoms with Crippen molar-refractivity contribution in [3.05, 3.63) is 35.7 Å². The first-order valence-electron chi connectivity index (χ1n) is 5.14. The van der Waals surface area contributed by atoms with Crippen molar-refractivity contribution < 1.29 is 4.42 Å². The van der Waals surface area contributed by atoms with E-state index in [1.54, 1.807) is 0 Å². The summed E-state index contributed by atoms with van der Waals surface area (Å²) < 4.78 is 5.35. The molecule has 0 aliphatic heterocycles. The zero-order valence-corrected chi connectivity index (χ0v) is 9.10. The number of aryl methyl sites for hydroxylation is 1. The Morgan fingerprint density at radius 3 is 3.00 bits per heavy atom. The van der Waals surface area contributed by atoms with Gasteiger partial charge in [-0.05, 0) is 24.6 Å². The minimum atomic E-state index is 0.397. The van der Waals surface area contributed by atoms with Crippen LogP contribution >= 0.6 is 0 Å². The Morgan fingerprint density at radius 1 is 1.38 bits per heavy atom. The Labute approximate surface area is 93.7 Å². The van der Waals surface area contributed by atoms with Gasteiger partial charge in [0.1, 0.15) is 0 Å². The fourth-order valence-electron chi connectivity index (χ4n) is 1.37. The van der Waals surface area contributed by atoms with Crippen molar-refractivity contribution in [2.24, 2.45) is 5.73 Å². The second-order valence-electron chi connectivity index (χ2n) is 3.53. The van der Waals surface area contributed by atoms with Crippen LogP contribution in [-0.2, 0) is 6.42 Å². The van der Waals surface area contributed by atoms with Crippen molar-refractivity contribution >= 4 is 11.7 Å². The summed E-state index contributed by atoms with van der Waals surface area (Å²) in [5.41, 5.74) is 7.50. The third-order valence-electron chi connectivity index (χ3n) is 2.09. The lowest BCUT2D eigenvalue weighted by Gasteiger charge is -2.01. The molecule has 2 rings (SSSR count). The molecule has 2 aromatic rings. The molecule has 0 aliphatic rings. The quantitative estimate of drug-likeness (QED) is 0.815. The summed E-state index contributed by atoms with van der Waals surface area (Å²) in [6.45, 7) is 2.53. The number of hydrogen-bond donors (Lipinski definition) is 2. The fourth-order valence-corrected chi connectivity index (χ4v) is 1.37. The molecule has 0 unspecified atom stereocenters. The van der Waals surface area contributed by atoms with Gasteiger partial charge in [-0.15, -0.1) is 5.10 Å². The van der Waals surface area contributed by atoms with Crippen molar-refractivity contribution in [2.75, 3.05) is 11.9 Å². The third kappa shape index (κ3) is 2.58. The van der Waals surface area contributed by atoms with Crippen LogP contribution in [0.15, 0.2) is 28.7 Å². The van der Waals surface area contributed by atoms with Crippen LogP contribution in [0.4, 0.5) is 11.7 Å². The maximum atomic E-state index is 5.39. The lowest BCUT2D eigenvalue weighted by molar-refractivity contribution is 0.510. The van der Waals surface area contributed by atoms with Crippen LogP contribution in [0.2, 0.25) is 0 Å². The highest BCUT2D eigenvalue weighted by Gasteiger charge is 2.04. The van der Waals surface area contributed by atoms with Crippen LogP contribution < -0.4 is 11.1 Å². The van der Waals surface area contributed by atoms with E-state index in [0.29, 0.717) is 24.9 Å². The summed E-state index contributed by atoms with van der Waals surface area (Å²) in [6.07, 6.45) is 0.600. The van der Waals surface area contributed by atoms with Crippen LogP contribution in [-0.4, -0.2) is 16.7 Å². The van der Waals surface area contributed by atoms with Gasteiger partial charge in [0, 0.05) is 18.7 Å². The number of anilines is 2. The molecule has 5 nitrogen and oxygen atoms in total. The van der Waals surface area contributed by atoms with Crippen molar-refractivity contribution in [3.63, 3.8) is 0 Å². The van der Waals surface area contributed by atoms with E-state index in [4.69, 9.17) is 10.2 Å². The highest BCUT2D eigenvalue weighted by molar-refractivity contribution is 5.52. The molecular formula is C11H14N4O. The zero-order chi connectivity index (χ0) is 11.4. The second kappa shape index (κ2) is 4.76. The first-order chi connectivity index (χ1) is 7.78. The number of benzene rings is 1. The summed E-state index contributed by atoms with van der Waals surface area (Å²) >= 11 is 0. The fraction of sp³-hybridized carbons (Fsp3) is 0.273. The van der Waals surface area contributed by atoms with E-state index in [-0.39, 0.29) is 0 Å². The third-order valence-corrected chi connectivity index (χ3v) is 2.09. The van der Waals surface area contributed by atoms with E-state index in [2.05, 4.69) is 15.5 Å². The molecule has 0 spiro atoms. The van der Waals surface area contributed by atoms with Crippen molar-refractivity contribution in [1.29, 1.82) is 0 Å². The second-order valence-corrected chi connectivity index (χ2v) is 3.53. The number of nitrogens with zero attached hydrogens (tertiary/aromatic N) is 2. The molecule has 16 heavy (non-hydrogen) atoms. The largest absolute Gasteiger partial charge is 0.408 e. The van der Waals surface area contributed by atoms with E-state index in [1.165, 1.54) is 5.56 Å². The predicted octanol–water partition coefficient (Wildman–Crippen LogP) is 1.62. The monoisotopic (exact) mass is 218 g/mol. The minimum absolute atomic E-state index is 0.397. The van der Waals surface area contributed by atoms with E-state index in [9.17, 15) is 0 Å².